The zero-order chi connectivity index (χ0) is 25.8. The van der Waals surface area contributed by atoms with Crippen LogP contribution >= 0.6 is 15.9 Å². The Kier molecular flexibility index (Phi) is 10.2. The Morgan fingerprint density at radius 3 is 2.36 bits per heavy atom. The number of unbranched alkanes of at least 4 members (excludes halogenated alkanes) is 1. The molecule has 0 spiro atoms. The largest absolute Gasteiger partial charge is 0.494 e. The van der Waals surface area contributed by atoms with Crippen molar-refractivity contribution in [3.63, 3.8) is 0 Å². The molecule has 0 saturated heterocycles. The van der Waals surface area contributed by atoms with Gasteiger partial charge >= 0.3 is 5.97 Å². The fraction of sp³-hybridized carbons (Fsp3) is 0.185. The zero-order valence-corrected chi connectivity index (χ0v) is 21.3. The van der Waals surface area contributed by atoms with Crippen LogP contribution in [0.5, 0.6) is 11.5 Å². The van der Waals surface area contributed by atoms with Crippen molar-refractivity contribution in [3.8, 4) is 11.5 Å². The third kappa shape index (κ3) is 8.66. The van der Waals surface area contributed by atoms with Crippen LogP contribution in [0.2, 0.25) is 0 Å². The van der Waals surface area contributed by atoms with Crippen LogP contribution in [0.25, 0.3) is 0 Å². The molecule has 0 aliphatic rings. The Morgan fingerprint density at radius 2 is 1.67 bits per heavy atom. The Labute approximate surface area is 217 Å². The van der Waals surface area contributed by atoms with Crippen LogP contribution in [0.4, 0.5) is 0 Å². The first-order chi connectivity index (χ1) is 17.4. The molecule has 0 atom stereocenters. The summed E-state index contributed by atoms with van der Waals surface area (Å²) in [6, 6.07) is 20.3. The molecule has 2 N–H and O–H groups in total. The van der Waals surface area contributed by atoms with Crippen molar-refractivity contribution in [2.24, 2.45) is 5.10 Å². The van der Waals surface area contributed by atoms with Crippen molar-refractivity contribution in [2.45, 2.75) is 19.8 Å². The smallest absolute Gasteiger partial charge is 0.343 e. The van der Waals surface area contributed by atoms with Gasteiger partial charge in [0.2, 0.25) is 0 Å². The maximum absolute atomic E-state index is 12.2. The Balaban J connectivity index is 1.40. The van der Waals surface area contributed by atoms with Gasteiger partial charge < -0.3 is 14.8 Å². The molecule has 3 rings (SSSR count). The summed E-state index contributed by atoms with van der Waals surface area (Å²) in [6.45, 7) is 2.49. The van der Waals surface area contributed by atoms with Crippen LogP contribution < -0.4 is 20.2 Å². The lowest BCUT2D eigenvalue weighted by atomic mass is 10.2. The molecular weight excluding hydrogens is 526 g/mol. The van der Waals surface area contributed by atoms with E-state index in [1.165, 1.54) is 6.21 Å². The first-order valence-electron chi connectivity index (χ1n) is 11.4. The Bertz CT molecular complexity index is 1210. The minimum absolute atomic E-state index is 0.227. The molecule has 0 heterocycles. The number of hydrogen-bond donors (Lipinski definition) is 2. The number of benzene rings is 3. The third-order valence-corrected chi connectivity index (χ3v) is 5.34. The van der Waals surface area contributed by atoms with Crippen molar-refractivity contribution in [1.29, 1.82) is 0 Å². The highest BCUT2D eigenvalue weighted by molar-refractivity contribution is 9.10. The van der Waals surface area contributed by atoms with E-state index >= 15 is 0 Å². The molecule has 36 heavy (non-hydrogen) atoms. The van der Waals surface area contributed by atoms with Crippen LogP contribution in [0.3, 0.4) is 0 Å². The first-order valence-corrected chi connectivity index (χ1v) is 12.1. The second kappa shape index (κ2) is 13.8. The monoisotopic (exact) mass is 551 g/mol. The molecule has 0 aromatic heterocycles. The summed E-state index contributed by atoms with van der Waals surface area (Å²) in [4.78, 5) is 36.4. The first kappa shape index (κ1) is 26.6. The molecule has 0 unspecified atom stereocenters. The quantitative estimate of drug-likeness (QED) is 0.118. The second-order valence-corrected chi connectivity index (χ2v) is 8.59. The summed E-state index contributed by atoms with van der Waals surface area (Å²) in [6.07, 6.45) is 3.45. The van der Waals surface area contributed by atoms with Gasteiger partial charge in [-0.25, -0.2) is 10.2 Å². The third-order valence-electron chi connectivity index (χ3n) is 4.85. The van der Waals surface area contributed by atoms with Gasteiger partial charge in [-0.15, -0.1) is 0 Å². The lowest BCUT2D eigenvalue weighted by molar-refractivity contribution is -0.120. The summed E-state index contributed by atoms with van der Waals surface area (Å²) < 4.78 is 11.7. The van der Waals surface area contributed by atoms with Crippen LogP contribution in [0, 0.1) is 0 Å². The molecule has 0 bridgehead atoms. The molecule has 8 nitrogen and oxygen atoms in total. The predicted octanol–water partition coefficient (Wildman–Crippen LogP) is 4.73. The van der Waals surface area contributed by atoms with Crippen molar-refractivity contribution < 1.29 is 23.9 Å². The number of halogens is 1. The Hall–Kier alpha value is -3.98. The van der Waals surface area contributed by atoms with E-state index in [0.717, 1.165) is 17.3 Å². The van der Waals surface area contributed by atoms with Gasteiger partial charge in [0.1, 0.15) is 11.5 Å². The van der Waals surface area contributed by atoms with Gasteiger partial charge in [-0.2, -0.15) is 5.10 Å². The molecule has 0 aliphatic heterocycles. The molecular formula is C27H26BrN3O5. The number of esters is 1. The highest BCUT2D eigenvalue weighted by Crippen LogP contribution is 2.16. The maximum Gasteiger partial charge on any atom is 0.343 e. The highest BCUT2D eigenvalue weighted by atomic mass is 79.9. The van der Waals surface area contributed by atoms with E-state index in [2.05, 4.69) is 38.7 Å². The maximum atomic E-state index is 12.2. The van der Waals surface area contributed by atoms with E-state index in [-0.39, 0.29) is 12.5 Å². The highest BCUT2D eigenvalue weighted by Gasteiger charge is 2.09. The van der Waals surface area contributed by atoms with Gasteiger partial charge in [-0.1, -0.05) is 35.3 Å². The van der Waals surface area contributed by atoms with Crippen LogP contribution in [-0.2, 0) is 4.79 Å². The van der Waals surface area contributed by atoms with Crippen molar-refractivity contribution in [1.82, 2.24) is 10.7 Å². The number of nitrogens with zero attached hydrogens (tertiary/aromatic N) is 1. The molecule has 9 heteroatoms. The average Bonchev–Trinajstić information content (AvgIpc) is 2.89. The van der Waals surface area contributed by atoms with E-state index < -0.39 is 11.9 Å². The van der Waals surface area contributed by atoms with Gasteiger partial charge in [0, 0.05) is 10.0 Å². The van der Waals surface area contributed by atoms with E-state index in [0.29, 0.717) is 34.8 Å². The molecule has 0 fully saturated rings. The number of hydrazone groups is 1. The van der Waals surface area contributed by atoms with Crippen molar-refractivity contribution in [3.05, 3.63) is 94.0 Å². The SMILES string of the molecule is CCCCOc1ccc(C(=O)NCC(=O)N/N=C\c2ccc(OC(=O)c3cccc(Br)c3)cc2)cc1. The topological polar surface area (TPSA) is 106 Å². The summed E-state index contributed by atoms with van der Waals surface area (Å²) in [5.74, 6) is -0.239. The van der Waals surface area contributed by atoms with E-state index in [1.807, 2.05) is 6.07 Å². The van der Waals surface area contributed by atoms with Gasteiger partial charge in [0.15, 0.2) is 0 Å². The number of rotatable bonds is 11. The average molecular weight is 552 g/mol. The normalized spacial score (nSPS) is 10.6. The number of amides is 2. The lowest BCUT2D eigenvalue weighted by Crippen LogP contribution is -2.34. The van der Waals surface area contributed by atoms with Crippen molar-refractivity contribution >= 4 is 39.9 Å². The predicted molar refractivity (Wildman–Crippen MR) is 140 cm³/mol. The minimum Gasteiger partial charge on any atom is -0.494 e. The van der Waals surface area contributed by atoms with Gasteiger partial charge in [-0.3, -0.25) is 9.59 Å². The van der Waals surface area contributed by atoms with Crippen molar-refractivity contribution in [2.75, 3.05) is 13.2 Å². The van der Waals surface area contributed by atoms with Crippen LogP contribution in [0.15, 0.2) is 82.4 Å². The Morgan fingerprint density at radius 1 is 0.944 bits per heavy atom. The number of carbonyl (C=O) groups excluding carboxylic acids is 3. The number of hydrogen-bond acceptors (Lipinski definition) is 6. The second-order valence-electron chi connectivity index (χ2n) is 7.67. The standard InChI is InChI=1S/C27H26BrN3O5/c1-2-3-15-35-23-13-9-20(10-14-23)26(33)29-18-25(32)31-30-17-19-7-11-24(12-8-19)36-27(34)21-5-4-6-22(28)16-21/h4-14,16-17H,2-3,15,18H2,1H3,(H,29,33)(H,31,32)/b30-17-. The van der Waals surface area contributed by atoms with Crippen LogP contribution in [0.1, 0.15) is 46.0 Å². The minimum atomic E-state index is -0.473. The molecule has 0 radical (unpaired) electrons. The summed E-state index contributed by atoms with van der Waals surface area (Å²) in [5.41, 5.74) is 3.89. The fourth-order valence-electron chi connectivity index (χ4n) is 2.92. The fourth-order valence-corrected chi connectivity index (χ4v) is 3.32. The van der Waals surface area contributed by atoms with E-state index in [4.69, 9.17) is 9.47 Å². The molecule has 0 aliphatic carbocycles. The molecule has 0 saturated carbocycles. The molecule has 3 aromatic rings. The van der Waals surface area contributed by atoms with E-state index in [1.54, 1.807) is 66.7 Å². The number of ether oxygens (including phenoxy) is 2. The summed E-state index contributed by atoms with van der Waals surface area (Å²) in [5, 5.41) is 6.43. The van der Waals surface area contributed by atoms with Gasteiger partial charge in [0.05, 0.1) is 24.9 Å². The number of carbonyl (C=O) groups is 3. The molecule has 2 amide bonds. The van der Waals surface area contributed by atoms with Gasteiger partial charge in [0.25, 0.3) is 11.8 Å². The lowest BCUT2D eigenvalue weighted by Gasteiger charge is -2.07. The molecule has 186 valence electrons. The van der Waals surface area contributed by atoms with Crippen LogP contribution in [-0.4, -0.2) is 37.1 Å². The zero-order valence-electron chi connectivity index (χ0n) is 19.7. The van der Waals surface area contributed by atoms with Gasteiger partial charge in [-0.05, 0) is 78.7 Å². The summed E-state index contributed by atoms with van der Waals surface area (Å²) >= 11 is 3.32. The number of nitrogens with one attached hydrogen (secondary N) is 2. The molecule has 3 aromatic carbocycles. The summed E-state index contributed by atoms with van der Waals surface area (Å²) in [7, 11) is 0. The van der Waals surface area contributed by atoms with E-state index in [9.17, 15) is 14.4 Å².